The molecule has 0 bridgehead atoms. The molecule has 33 heavy (non-hydrogen) atoms. The maximum Gasteiger partial charge on any atom is 0.270 e. The van der Waals surface area contributed by atoms with Crippen molar-refractivity contribution in [2.75, 3.05) is 18.0 Å². The minimum atomic E-state index is -0.321. The van der Waals surface area contributed by atoms with E-state index in [1.54, 1.807) is 43.0 Å². The van der Waals surface area contributed by atoms with Gasteiger partial charge in [-0.2, -0.15) is 5.26 Å². The SMILES string of the molecule is Cc1c(/C=C2\SC(=S)N(Cc3ccco3)C2=O)c(N2CC(C)CC(C)C2)n(C)c(=O)c1C#N. The van der Waals surface area contributed by atoms with E-state index in [2.05, 4.69) is 24.8 Å². The topological polar surface area (TPSA) is 82.5 Å². The lowest BCUT2D eigenvalue weighted by Gasteiger charge is -2.38. The molecule has 0 aliphatic carbocycles. The van der Waals surface area contributed by atoms with Crippen LogP contribution in [0.2, 0.25) is 0 Å². The molecule has 1 amide bonds. The summed E-state index contributed by atoms with van der Waals surface area (Å²) in [7, 11) is 1.70. The van der Waals surface area contributed by atoms with Gasteiger partial charge in [-0.25, -0.2) is 0 Å². The predicted octanol–water partition coefficient (Wildman–Crippen LogP) is 4.04. The first kappa shape index (κ1) is 23.3. The molecule has 2 aliphatic heterocycles. The fraction of sp³-hybridized carbons (Fsp3) is 0.417. The Bertz CT molecular complexity index is 1230. The van der Waals surface area contributed by atoms with Crippen molar-refractivity contribution in [3.63, 3.8) is 0 Å². The molecule has 0 spiro atoms. The van der Waals surface area contributed by atoms with Crippen molar-refractivity contribution in [3.05, 3.63) is 56.1 Å². The van der Waals surface area contributed by atoms with E-state index in [-0.39, 0.29) is 23.6 Å². The number of carbonyl (C=O) groups is 1. The van der Waals surface area contributed by atoms with Gasteiger partial charge in [0.2, 0.25) is 0 Å². The zero-order valence-electron chi connectivity index (χ0n) is 19.1. The molecule has 9 heteroatoms. The number of rotatable bonds is 4. The molecule has 0 saturated carbocycles. The second-order valence-electron chi connectivity index (χ2n) is 8.91. The van der Waals surface area contributed by atoms with E-state index < -0.39 is 0 Å². The number of thioether (sulfide) groups is 1. The van der Waals surface area contributed by atoms with Crippen molar-refractivity contribution in [1.82, 2.24) is 9.47 Å². The third-order valence-electron chi connectivity index (χ3n) is 6.18. The molecule has 2 aromatic rings. The Morgan fingerprint density at radius 2 is 2.00 bits per heavy atom. The molecule has 2 atom stereocenters. The number of thiocarbonyl (C=S) groups is 1. The second-order valence-corrected chi connectivity index (χ2v) is 10.6. The van der Waals surface area contributed by atoms with Crippen LogP contribution in [0.25, 0.3) is 6.08 Å². The van der Waals surface area contributed by atoms with Crippen LogP contribution in [-0.4, -0.2) is 32.8 Å². The maximum atomic E-state index is 13.2. The zero-order valence-corrected chi connectivity index (χ0v) is 20.8. The highest BCUT2D eigenvalue weighted by molar-refractivity contribution is 8.26. The highest BCUT2D eigenvalue weighted by atomic mass is 32.2. The number of amides is 1. The van der Waals surface area contributed by atoms with Crippen molar-refractivity contribution >= 4 is 46.1 Å². The average molecular weight is 483 g/mol. The molecule has 2 fully saturated rings. The van der Waals surface area contributed by atoms with Gasteiger partial charge in [-0.15, -0.1) is 0 Å². The van der Waals surface area contributed by atoms with Crippen molar-refractivity contribution < 1.29 is 9.21 Å². The summed E-state index contributed by atoms with van der Waals surface area (Å²) in [5.74, 6) is 2.12. The molecule has 7 nitrogen and oxygen atoms in total. The molecule has 172 valence electrons. The number of aromatic nitrogens is 1. The average Bonchev–Trinajstić information content (AvgIpc) is 3.36. The number of nitrogens with zero attached hydrogens (tertiary/aromatic N) is 4. The van der Waals surface area contributed by atoms with E-state index in [1.807, 2.05) is 0 Å². The van der Waals surface area contributed by atoms with Gasteiger partial charge < -0.3 is 9.32 Å². The standard InChI is InChI=1S/C24H26N4O3S2/c1-14-8-15(2)12-27(11-14)21-18(16(3)19(10-25)22(29)26(21)4)9-20-23(30)28(24(32)33-20)13-17-6-5-7-31-17/h5-7,9,14-15H,8,11-13H2,1-4H3/b20-9-. The van der Waals surface area contributed by atoms with Crippen LogP contribution < -0.4 is 10.5 Å². The molecule has 2 aromatic heterocycles. The van der Waals surface area contributed by atoms with Gasteiger partial charge in [0, 0.05) is 25.7 Å². The molecule has 4 heterocycles. The number of hydrogen-bond acceptors (Lipinski definition) is 7. The monoisotopic (exact) mass is 482 g/mol. The summed E-state index contributed by atoms with van der Waals surface area (Å²) in [4.78, 5) is 30.4. The van der Waals surface area contributed by atoms with Crippen LogP contribution in [0.3, 0.4) is 0 Å². The first-order valence-electron chi connectivity index (χ1n) is 10.9. The van der Waals surface area contributed by atoms with E-state index >= 15 is 0 Å². The van der Waals surface area contributed by atoms with Gasteiger partial charge in [0.05, 0.1) is 17.7 Å². The molecule has 0 aromatic carbocycles. The number of nitriles is 1. The van der Waals surface area contributed by atoms with Gasteiger partial charge in [-0.3, -0.25) is 19.1 Å². The van der Waals surface area contributed by atoms with Crippen LogP contribution in [0.4, 0.5) is 5.82 Å². The summed E-state index contributed by atoms with van der Waals surface area (Å²) < 4.78 is 7.38. The van der Waals surface area contributed by atoms with Crippen LogP contribution >= 0.6 is 24.0 Å². The van der Waals surface area contributed by atoms with Gasteiger partial charge in [0.1, 0.15) is 27.5 Å². The number of anilines is 1. The maximum absolute atomic E-state index is 13.2. The Kier molecular flexibility index (Phi) is 6.50. The molecule has 2 unspecified atom stereocenters. The summed E-state index contributed by atoms with van der Waals surface area (Å²) in [6.07, 6.45) is 4.48. The molecule has 0 N–H and O–H groups in total. The number of furan rings is 1. The summed E-state index contributed by atoms with van der Waals surface area (Å²) in [6, 6.07) is 5.63. The molecule has 4 rings (SSSR count). The van der Waals surface area contributed by atoms with Crippen LogP contribution in [0, 0.1) is 30.1 Å². The molecular formula is C24H26N4O3S2. The Morgan fingerprint density at radius 3 is 2.61 bits per heavy atom. The van der Waals surface area contributed by atoms with Gasteiger partial charge in [-0.1, -0.05) is 37.8 Å². The van der Waals surface area contributed by atoms with Crippen molar-refractivity contribution in [3.8, 4) is 6.07 Å². The first-order valence-corrected chi connectivity index (χ1v) is 12.1. The lowest BCUT2D eigenvalue weighted by atomic mass is 9.91. The summed E-state index contributed by atoms with van der Waals surface area (Å²) in [6.45, 7) is 8.06. The van der Waals surface area contributed by atoms with Gasteiger partial charge in [0.25, 0.3) is 11.5 Å². The van der Waals surface area contributed by atoms with E-state index in [4.69, 9.17) is 16.6 Å². The molecular weight excluding hydrogens is 456 g/mol. The fourth-order valence-corrected chi connectivity index (χ4v) is 5.99. The van der Waals surface area contributed by atoms with Crippen molar-refractivity contribution in [2.24, 2.45) is 18.9 Å². The summed E-state index contributed by atoms with van der Waals surface area (Å²) in [5, 5.41) is 9.66. The van der Waals surface area contributed by atoms with Crippen molar-refractivity contribution in [1.29, 1.82) is 5.26 Å². The highest BCUT2D eigenvalue weighted by Gasteiger charge is 2.34. The largest absolute Gasteiger partial charge is 0.467 e. The third kappa shape index (κ3) is 4.37. The van der Waals surface area contributed by atoms with E-state index in [0.717, 1.165) is 25.3 Å². The molecule has 0 radical (unpaired) electrons. The van der Waals surface area contributed by atoms with Gasteiger partial charge in [0.15, 0.2) is 0 Å². The number of pyridine rings is 1. The number of hydrogen-bond donors (Lipinski definition) is 0. The van der Waals surface area contributed by atoms with Crippen LogP contribution in [0.1, 0.15) is 42.7 Å². The Balaban J connectivity index is 1.81. The van der Waals surface area contributed by atoms with Crippen LogP contribution in [0.15, 0.2) is 32.5 Å². The summed E-state index contributed by atoms with van der Waals surface area (Å²) >= 11 is 6.69. The highest BCUT2D eigenvalue weighted by Crippen LogP contribution is 2.37. The quantitative estimate of drug-likeness (QED) is 0.480. The fourth-order valence-electron chi connectivity index (χ4n) is 4.76. The van der Waals surface area contributed by atoms with Gasteiger partial charge >= 0.3 is 0 Å². The van der Waals surface area contributed by atoms with Gasteiger partial charge in [-0.05, 0) is 49.0 Å². The summed E-state index contributed by atoms with van der Waals surface area (Å²) in [5.41, 5.74) is 1.07. The minimum absolute atomic E-state index is 0.0941. The smallest absolute Gasteiger partial charge is 0.270 e. The Labute approximate surface area is 202 Å². The zero-order chi connectivity index (χ0) is 23.9. The van der Waals surface area contributed by atoms with E-state index in [0.29, 0.717) is 37.9 Å². The van der Waals surface area contributed by atoms with Crippen molar-refractivity contribution in [2.45, 2.75) is 33.7 Å². The van der Waals surface area contributed by atoms with E-state index in [1.165, 1.54) is 16.7 Å². The molecule has 2 aliphatic rings. The predicted molar refractivity (Wildman–Crippen MR) is 134 cm³/mol. The minimum Gasteiger partial charge on any atom is -0.467 e. The third-order valence-corrected chi connectivity index (χ3v) is 7.56. The van der Waals surface area contributed by atoms with Crippen LogP contribution in [-0.2, 0) is 18.4 Å². The Morgan fingerprint density at radius 1 is 1.30 bits per heavy atom. The Hall–Kier alpha value is -2.83. The molecule has 2 saturated heterocycles. The lowest BCUT2D eigenvalue weighted by molar-refractivity contribution is -0.122. The number of carbonyl (C=O) groups excluding carboxylic acids is 1. The lowest BCUT2D eigenvalue weighted by Crippen LogP contribution is -2.42. The first-order chi connectivity index (χ1) is 15.7. The normalized spacial score (nSPS) is 22.3. The second kappa shape index (κ2) is 9.20. The van der Waals surface area contributed by atoms with Crippen LogP contribution in [0.5, 0.6) is 0 Å². The van der Waals surface area contributed by atoms with E-state index in [9.17, 15) is 14.9 Å². The number of piperidine rings is 1.